The Labute approximate surface area is 126 Å². The van der Waals surface area contributed by atoms with E-state index in [4.69, 9.17) is 9.47 Å². The second-order valence-corrected chi connectivity index (χ2v) is 8.66. The van der Waals surface area contributed by atoms with E-state index in [1.165, 1.54) is 6.26 Å². The molecule has 0 saturated carbocycles. The van der Waals surface area contributed by atoms with Crippen LogP contribution < -0.4 is 14.8 Å². The lowest BCUT2D eigenvalue weighted by molar-refractivity contribution is 0.250. The lowest BCUT2D eigenvalue weighted by atomic mass is 9.99. The van der Waals surface area contributed by atoms with Crippen molar-refractivity contribution >= 4 is 9.84 Å². The molecule has 5 nitrogen and oxygen atoms in total. The topological polar surface area (TPSA) is 64.6 Å². The van der Waals surface area contributed by atoms with Crippen LogP contribution in [0.2, 0.25) is 0 Å². The van der Waals surface area contributed by atoms with Crippen LogP contribution in [-0.2, 0) is 9.84 Å². The number of hydrogen-bond acceptors (Lipinski definition) is 5. The van der Waals surface area contributed by atoms with E-state index in [1.807, 2.05) is 18.2 Å². The third-order valence-electron chi connectivity index (χ3n) is 4.03. The third-order valence-corrected chi connectivity index (χ3v) is 6.19. The molecular formula is C15H23NO4S. The Balaban J connectivity index is 2.17. The van der Waals surface area contributed by atoms with Crippen molar-refractivity contribution in [1.82, 2.24) is 5.32 Å². The predicted octanol–water partition coefficient (Wildman–Crippen LogP) is 1.93. The van der Waals surface area contributed by atoms with Gasteiger partial charge in [-0.15, -0.1) is 0 Å². The molecule has 1 heterocycles. The summed E-state index contributed by atoms with van der Waals surface area (Å²) >= 11 is 0. The first-order valence-electron chi connectivity index (χ1n) is 6.98. The van der Waals surface area contributed by atoms with Crippen LogP contribution >= 0.6 is 0 Å². The summed E-state index contributed by atoms with van der Waals surface area (Å²) in [4.78, 5) is 0. The molecule has 0 fully saturated rings. The average molecular weight is 313 g/mol. The number of rotatable bonds is 5. The number of benzene rings is 1. The summed E-state index contributed by atoms with van der Waals surface area (Å²) in [5.74, 6) is 1.60. The maximum absolute atomic E-state index is 11.8. The van der Waals surface area contributed by atoms with Gasteiger partial charge in [-0.05, 0) is 32.0 Å². The van der Waals surface area contributed by atoms with E-state index in [-0.39, 0.29) is 6.04 Å². The van der Waals surface area contributed by atoms with Gasteiger partial charge in [0.05, 0.1) is 18.5 Å². The SMILES string of the molecule is COc1ccc2c(c1)C(NCC(C)(C)S(C)(=O)=O)CCO2. The maximum atomic E-state index is 11.8. The zero-order valence-corrected chi connectivity index (χ0v) is 13.8. The molecule has 1 N–H and O–H groups in total. The van der Waals surface area contributed by atoms with E-state index < -0.39 is 14.6 Å². The standard InChI is InChI=1S/C15H23NO4S/c1-15(2,21(4,17)18)10-16-13-7-8-20-14-6-5-11(19-3)9-12(13)14/h5-6,9,13,16H,7-8,10H2,1-4H3. The highest BCUT2D eigenvalue weighted by Crippen LogP contribution is 2.35. The Kier molecular flexibility index (Phi) is 4.49. The van der Waals surface area contributed by atoms with Crippen LogP contribution in [0.5, 0.6) is 11.5 Å². The zero-order valence-electron chi connectivity index (χ0n) is 13.0. The Bertz CT molecular complexity index is 610. The van der Waals surface area contributed by atoms with Gasteiger partial charge >= 0.3 is 0 Å². The maximum Gasteiger partial charge on any atom is 0.153 e. The van der Waals surface area contributed by atoms with Gasteiger partial charge in [0.2, 0.25) is 0 Å². The lowest BCUT2D eigenvalue weighted by Gasteiger charge is -2.31. The summed E-state index contributed by atoms with van der Waals surface area (Å²) in [6.45, 7) is 4.49. The summed E-state index contributed by atoms with van der Waals surface area (Å²) in [5.41, 5.74) is 1.02. The molecule has 1 aromatic rings. The van der Waals surface area contributed by atoms with Crippen molar-refractivity contribution in [3.8, 4) is 11.5 Å². The summed E-state index contributed by atoms with van der Waals surface area (Å²) in [7, 11) is -1.49. The predicted molar refractivity (Wildman–Crippen MR) is 82.8 cm³/mol. The zero-order chi connectivity index (χ0) is 15.7. The Hall–Kier alpha value is -1.27. The van der Waals surface area contributed by atoms with E-state index in [0.717, 1.165) is 23.5 Å². The molecule has 0 saturated heterocycles. The minimum Gasteiger partial charge on any atom is -0.497 e. The van der Waals surface area contributed by atoms with Gasteiger partial charge in [0, 0.05) is 30.8 Å². The van der Waals surface area contributed by atoms with E-state index in [9.17, 15) is 8.42 Å². The van der Waals surface area contributed by atoms with Crippen LogP contribution in [-0.4, -0.2) is 39.7 Å². The van der Waals surface area contributed by atoms with Crippen LogP contribution in [0.3, 0.4) is 0 Å². The minimum atomic E-state index is -3.11. The Morgan fingerprint density at radius 1 is 1.43 bits per heavy atom. The van der Waals surface area contributed by atoms with Crippen molar-refractivity contribution < 1.29 is 17.9 Å². The van der Waals surface area contributed by atoms with E-state index in [0.29, 0.717) is 13.2 Å². The fraction of sp³-hybridized carbons (Fsp3) is 0.600. The molecule has 0 radical (unpaired) electrons. The smallest absolute Gasteiger partial charge is 0.153 e. The summed E-state index contributed by atoms with van der Waals surface area (Å²) in [5, 5.41) is 3.36. The van der Waals surface area contributed by atoms with Crippen molar-refractivity contribution in [2.45, 2.75) is 31.1 Å². The lowest BCUT2D eigenvalue weighted by Crippen LogP contribution is -2.43. The Morgan fingerprint density at radius 3 is 2.76 bits per heavy atom. The quantitative estimate of drug-likeness (QED) is 0.900. The first-order valence-corrected chi connectivity index (χ1v) is 8.87. The van der Waals surface area contributed by atoms with Gasteiger partial charge in [-0.2, -0.15) is 0 Å². The molecule has 0 aliphatic carbocycles. The monoisotopic (exact) mass is 313 g/mol. The summed E-state index contributed by atoms with van der Waals surface area (Å²) in [6, 6.07) is 5.77. The second-order valence-electron chi connectivity index (χ2n) is 6.01. The largest absolute Gasteiger partial charge is 0.497 e. The van der Waals surface area contributed by atoms with Gasteiger partial charge < -0.3 is 14.8 Å². The molecule has 2 rings (SSSR count). The van der Waals surface area contributed by atoms with Gasteiger partial charge in [-0.25, -0.2) is 8.42 Å². The molecule has 1 aliphatic rings. The van der Waals surface area contributed by atoms with E-state index in [2.05, 4.69) is 5.32 Å². The normalized spacial score (nSPS) is 18.8. The van der Waals surface area contributed by atoms with Crippen molar-refractivity contribution in [3.63, 3.8) is 0 Å². The van der Waals surface area contributed by atoms with Gasteiger partial charge in [-0.1, -0.05) is 0 Å². The van der Waals surface area contributed by atoms with Gasteiger partial charge in [0.25, 0.3) is 0 Å². The first kappa shape index (κ1) is 16.1. The van der Waals surface area contributed by atoms with E-state index >= 15 is 0 Å². The summed E-state index contributed by atoms with van der Waals surface area (Å²) in [6.07, 6.45) is 2.08. The number of nitrogens with one attached hydrogen (secondary N) is 1. The van der Waals surface area contributed by atoms with Crippen LogP contribution in [0, 0.1) is 0 Å². The highest BCUT2D eigenvalue weighted by molar-refractivity contribution is 7.92. The second kappa shape index (κ2) is 5.85. The minimum absolute atomic E-state index is 0.0740. The molecule has 21 heavy (non-hydrogen) atoms. The molecule has 0 bridgehead atoms. The molecule has 1 aromatic carbocycles. The fourth-order valence-corrected chi connectivity index (χ4v) is 2.56. The van der Waals surface area contributed by atoms with Gasteiger partial charge in [0.1, 0.15) is 11.5 Å². The number of hydrogen-bond donors (Lipinski definition) is 1. The molecule has 1 atom stereocenters. The molecule has 1 unspecified atom stereocenters. The fourth-order valence-electron chi connectivity index (χ4n) is 2.21. The van der Waals surface area contributed by atoms with Crippen molar-refractivity contribution in [3.05, 3.63) is 23.8 Å². The molecule has 6 heteroatoms. The Morgan fingerprint density at radius 2 is 2.14 bits per heavy atom. The van der Waals surface area contributed by atoms with Crippen molar-refractivity contribution in [2.24, 2.45) is 0 Å². The third kappa shape index (κ3) is 3.49. The molecule has 118 valence electrons. The molecule has 0 aromatic heterocycles. The molecule has 1 aliphatic heterocycles. The molecule has 0 spiro atoms. The number of fused-ring (bicyclic) bond motifs is 1. The van der Waals surface area contributed by atoms with Crippen molar-refractivity contribution in [2.75, 3.05) is 26.5 Å². The average Bonchev–Trinajstić information content (AvgIpc) is 2.43. The molecule has 0 amide bonds. The molecular weight excluding hydrogens is 290 g/mol. The van der Waals surface area contributed by atoms with Crippen LogP contribution in [0.4, 0.5) is 0 Å². The van der Waals surface area contributed by atoms with Gasteiger partial charge in [0.15, 0.2) is 9.84 Å². The highest BCUT2D eigenvalue weighted by Gasteiger charge is 2.32. The van der Waals surface area contributed by atoms with Gasteiger partial charge in [-0.3, -0.25) is 0 Å². The van der Waals surface area contributed by atoms with Crippen LogP contribution in [0.15, 0.2) is 18.2 Å². The number of sulfone groups is 1. The first-order chi connectivity index (χ1) is 9.74. The summed E-state index contributed by atoms with van der Waals surface area (Å²) < 4.78 is 33.7. The van der Waals surface area contributed by atoms with Crippen molar-refractivity contribution in [1.29, 1.82) is 0 Å². The van der Waals surface area contributed by atoms with E-state index in [1.54, 1.807) is 21.0 Å². The number of methoxy groups -OCH3 is 1. The highest BCUT2D eigenvalue weighted by atomic mass is 32.2. The number of ether oxygens (including phenoxy) is 2. The van der Waals surface area contributed by atoms with Crippen LogP contribution in [0.25, 0.3) is 0 Å². The van der Waals surface area contributed by atoms with Crippen LogP contribution in [0.1, 0.15) is 31.9 Å².